The quantitative estimate of drug-likeness (QED) is 0.484. The topological polar surface area (TPSA) is 38.7 Å². The predicted octanol–water partition coefficient (Wildman–Crippen LogP) is 1.77. The molecule has 70 valence electrons. The van der Waals surface area contributed by atoms with Crippen molar-refractivity contribution in [1.29, 1.82) is 0 Å². The molecule has 0 saturated carbocycles. The molecule has 3 nitrogen and oxygen atoms in total. The third-order valence-corrected chi connectivity index (χ3v) is 1.60. The van der Waals surface area contributed by atoms with Crippen LogP contribution in [0.2, 0.25) is 0 Å². The van der Waals surface area contributed by atoms with Crippen LogP contribution in [0.4, 0.5) is 0 Å². The minimum absolute atomic E-state index is 0.402. The number of hydrogen-bond acceptors (Lipinski definition) is 3. The summed E-state index contributed by atoms with van der Waals surface area (Å²) < 4.78 is 0. The van der Waals surface area contributed by atoms with Gasteiger partial charge in [-0.25, -0.2) is 4.89 Å². The number of aliphatic hydroxyl groups is 1. The van der Waals surface area contributed by atoms with E-state index in [0.717, 1.165) is 5.57 Å². The SMILES string of the molecule is CC(C)=CC1(O)CC(C)(C)OO1. The highest BCUT2D eigenvalue weighted by molar-refractivity contribution is 5.05. The molecule has 0 amide bonds. The third-order valence-electron chi connectivity index (χ3n) is 1.60. The van der Waals surface area contributed by atoms with Crippen LogP contribution >= 0.6 is 0 Å². The van der Waals surface area contributed by atoms with E-state index in [1.54, 1.807) is 6.08 Å². The van der Waals surface area contributed by atoms with Gasteiger partial charge >= 0.3 is 0 Å². The number of hydrogen-bond donors (Lipinski definition) is 1. The number of rotatable bonds is 1. The maximum Gasteiger partial charge on any atom is 0.221 e. The first kappa shape index (κ1) is 9.71. The highest BCUT2D eigenvalue weighted by Crippen LogP contribution is 2.35. The molecule has 0 spiro atoms. The molecule has 3 heteroatoms. The Morgan fingerprint density at radius 1 is 1.33 bits per heavy atom. The van der Waals surface area contributed by atoms with Crippen LogP contribution in [0.5, 0.6) is 0 Å². The first-order chi connectivity index (χ1) is 5.33. The fraction of sp³-hybridized carbons (Fsp3) is 0.778. The predicted molar refractivity (Wildman–Crippen MR) is 45.2 cm³/mol. The van der Waals surface area contributed by atoms with E-state index >= 15 is 0 Å². The zero-order valence-electron chi connectivity index (χ0n) is 8.05. The second-order valence-electron chi connectivity index (χ2n) is 4.17. The summed E-state index contributed by atoms with van der Waals surface area (Å²) in [5.41, 5.74) is 0.611. The monoisotopic (exact) mass is 172 g/mol. The van der Waals surface area contributed by atoms with Gasteiger partial charge in [0.25, 0.3) is 0 Å². The van der Waals surface area contributed by atoms with Crippen molar-refractivity contribution in [1.82, 2.24) is 0 Å². The molecule has 1 N–H and O–H groups in total. The lowest BCUT2D eigenvalue weighted by Crippen LogP contribution is -2.27. The average molecular weight is 172 g/mol. The van der Waals surface area contributed by atoms with E-state index in [2.05, 4.69) is 0 Å². The van der Waals surface area contributed by atoms with Gasteiger partial charge in [0.05, 0.1) is 0 Å². The maximum atomic E-state index is 9.77. The highest BCUT2D eigenvalue weighted by Gasteiger charge is 2.43. The zero-order chi connectivity index (χ0) is 9.41. The molecule has 1 unspecified atom stereocenters. The molecule has 12 heavy (non-hydrogen) atoms. The molecule has 1 rings (SSSR count). The van der Waals surface area contributed by atoms with E-state index in [4.69, 9.17) is 9.78 Å². The van der Waals surface area contributed by atoms with E-state index in [0.29, 0.717) is 6.42 Å². The van der Waals surface area contributed by atoms with Gasteiger partial charge in [0, 0.05) is 6.42 Å². The van der Waals surface area contributed by atoms with Gasteiger partial charge in [-0.15, -0.1) is 0 Å². The Bertz CT molecular complexity index is 204. The Labute approximate surface area is 72.9 Å². The molecule has 0 aromatic rings. The third kappa shape index (κ3) is 2.30. The van der Waals surface area contributed by atoms with Crippen LogP contribution in [0, 0.1) is 0 Å². The molecule has 1 heterocycles. The molecule has 1 saturated heterocycles. The van der Waals surface area contributed by atoms with Crippen molar-refractivity contribution in [3.05, 3.63) is 11.6 Å². The Kier molecular flexibility index (Phi) is 2.29. The second-order valence-corrected chi connectivity index (χ2v) is 4.17. The molecule has 1 fully saturated rings. The summed E-state index contributed by atoms with van der Waals surface area (Å²) in [6.07, 6.45) is 2.13. The molecular formula is C9H16O3. The van der Waals surface area contributed by atoms with Gasteiger partial charge in [-0.1, -0.05) is 5.57 Å². The van der Waals surface area contributed by atoms with Crippen molar-refractivity contribution in [3.8, 4) is 0 Å². The van der Waals surface area contributed by atoms with E-state index in [9.17, 15) is 5.11 Å². The molecule has 0 radical (unpaired) electrons. The van der Waals surface area contributed by atoms with Gasteiger partial charge in [-0.3, -0.25) is 0 Å². The Morgan fingerprint density at radius 2 is 1.92 bits per heavy atom. The lowest BCUT2D eigenvalue weighted by Gasteiger charge is -2.15. The fourth-order valence-corrected chi connectivity index (χ4v) is 1.38. The molecular weight excluding hydrogens is 156 g/mol. The van der Waals surface area contributed by atoms with Crippen LogP contribution < -0.4 is 0 Å². The minimum atomic E-state index is -1.23. The average Bonchev–Trinajstić information content (AvgIpc) is 2.03. The van der Waals surface area contributed by atoms with Crippen molar-refractivity contribution in [3.63, 3.8) is 0 Å². The summed E-state index contributed by atoms with van der Waals surface area (Å²) in [6, 6.07) is 0. The van der Waals surface area contributed by atoms with E-state index < -0.39 is 11.4 Å². The highest BCUT2D eigenvalue weighted by atomic mass is 17.2. The Hall–Kier alpha value is -0.380. The fourth-order valence-electron chi connectivity index (χ4n) is 1.38. The second kappa shape index (κ2) is 2.83. The van der Waals surface area contributed by atoms with Gasteiger partial charge in [0.1, 0.15) is 5.60 Å². The van der Waals surface area contributed by atoms with Gasteiger partial charge in [0.15, 0.2) is 0 Å². The molecule has 1 atom stereocenters. The van der Waals surface area contributed by atoms with Crippen molar-refractivity contribution in [2.24, 2.45) is 0 Å². The lowest BCUT2D eigenvalue weighted by atomic mass is 9.98. The summed E-state index contributed by atoms with van der Waals surface area (Å²) in [6.45, 7) is 7.58. The smallest absolute Gasteiger partial charge is 0.221 e. The molecule has 0 aliphatic carbocycles. The van der Waals surface area contributed by atoms with Crippen LogP contribution in [0.1, 0.15) is 34.1 Å². The molecule has 1 aliphatic heterocycles. The first-order valence-electron chi connectivity index (χ1n) is 4.08. The molecule has 1 aliphatic rings. The van der Waals surface area contributed by atoms with Crippen molar-refractivity contribution in [2.45, 2.75) is 45.5 Å². The van der Waals surface area contributed by atoms with E-state index in [1.807, 2.05) is 27.7 Å². The summed E-state index contributed by atoms with van der Waals surface area (Å²) in [5, 5.41) is 9.77. The summed E-state index contributed by atoms with van der Waals surface area (Å²) in [7, 11) is 0. The van der Waals surface area contributed by atoms with Crippen LogP contribution in [-0.2, 0) is 9.78 Å². The number of allylic oxidation sites excluding steroid dienone is 1. The Morgan fingerprint density at radius 3 is 2.25 bits per heavy atom. The normalized spacial score (nSPS) is 33.4. The van der Waals surface area contributed by atoms with Gasteiger partial charge in [-0.2, -0.15) is 4.89 Å². The van der Waals surface area contributed by atoms with Crippen molar-refractivity contribution >= 4 is 0 Å². The van der Waals surface area contributed by atoms with E-state index in [1.165, 1.54) is 0 Å². The maximum absolute atomic E-state index is 9.77. The summed E-state index contributed by atoms with van der Waals surface area (Å²) in [4.78, 5) is 9.81. The van der Waals surface area contributed by atoms with Crippen LogP contribution in [-0.4, -0.2) is 16.5 Å². The van der Waals surface area contributed by atoms with Crippen LogP contribution in [0.3, 0.4) is 0 Å². The standard InChI is InChI=1S/C9H16O3/c1-7(2)5-9(10)6-8(3,4)11-12-9/h5,10H,6H2,1-4H3. The van der Waals surface area contributed by atoms with Gasteiger partial charge in [0.2, 0.25) is 5.79 Å². The van der Waals surface area contributed by atoms with Gasteiger partial charge < -0.3 is 5.11 Å². The molecule has 0 bridgehead atoms. The zero-order valence-corrected chi connectivity index (χ0v) is 8.05. The van der Waals surface area contributed by atoms with Crippen LogP contribution in [0.25, 0.3) is 0 Å². The minimum Gasteiger partial charge on any atom is -0.360 e. The van der Waals surface area contributed by atoms with Gasteiger partial charge in [-0.05, 0) is 33.8 Å². The largest absolute Gasteiger partial charge is 0.360 e. The molecule has 0 aromatic heterocycles. The summed E-state index contributed by atoms with van der Waals surface area (Å²) >= 11 is 0. The van der Waals surface area contributed by atoms with E-state index in [-0.39, 0.29) is 0 Å². The van der Waals surface area contributed by atoms with Crippen molar-refractivity contribution < 1.29 is 14.9 Å². The summed E-state index contributed by atoms with van der Waals surface area (Å²) in [5.74, 6) is -1.23. The lowest BCUT2D eigenvalue weighted by molar-refractivity contribution is -0.375. The van der Waals surface area contributed by atoms with Crippen molar-refractivity contribution in [2.75, 3.05) is 0 Å². The first-order valence-corrected chi connectivity index (χ1v) is 4.08. The molecule has 0 aromatic carbocycles. The van der Waals surface area contributed by atoms with Crippen LogP contribution in [0.15, 0.2) is 11.6 Å². The Balaban J connectivity index is 2.72.